The first-order chi connectivity index (χ1) is 7.16. The molecule has 1 unspecified atom stereocenters. The zero-order valence-corrected chi connectivity index (χ0v) is 10.5. The van der Waals surface area contributed by atoms with Gasteiger partial charge in [0.15, 0.2) is 4.77 Å². The maximum absolute atomic E-state index is 5.26. The molecule has 4 heteroatoms. The molecular weight excluding hydrogens is 224 g/mol. The van der Waals surface area contributed by atoms with Crippen LogP contribution in [0.1, 0.15) is 23.5 Å². The Balaban J connectivity index is 2.18. The lowest BCUT2D eigenvalue weighted by Gasteiger charge is -2.11. The number of imidazole rings is 1. The third-order valence-electron chi connectivity index (χ3n) is 2.42. The lowest BCUT2D eigenvalue weighted by atomic mass is 10.2. The van der Waals surface area contributed by atoms with Crippen molar-refractivity contribution >= 4 is 23.6 Å². The molecule has 1 atom stereocenters. The first-order valence-corrected chi connectivity index (χ1v) is 6.26. The summed E-state index contributed by atoms with van der Waals surface area (Å²) in [6.45, 7) is 4.23. The maximum atomic E-state index is 5.26. The van der Waals surface area contributed by atoms with Gasteiger partial charge in [-0.25, -0.2) is 0 Å². The highest BCUT2D eigenvalue weighted by atomic mass is 32.1. The molecule has 2 aromatic heterocycles. The van der Waals surface area contributed by atoms with E-state index in [1.807, 2.05) is 6.92 Å². The number of hydrogen-bond donors (Lipinski definition) is 1. The Labute approximate surface area is 98.6 Å². The summed E-state index contributed by atoms with van der Waals surface area (Å²) in [6.07, 6.45) is 3.13. The van der Waals surface area contributed by atoms with Crippen molar-refractivity contribution in [3.05, 3.63) is 39.1 Å². The van der Waals surface area contributed by atoms with Crippen molar-refractivity contribution in [1.82, 2.24) is 9.55 Å². The van der Waals surface area contributed by atoms with Gasteiger partial charge in [-0.05, 0) is 37.5 Å². The second-order valence-corrected chi connectivity index (χ2v) is 5.20. The summed E-state index contributed by atoms with van der Waals surface area (Å²) in [5.41, 5.74) is 1.12. The number of aryl methyl sites for hydroxylation is 1. The molecule has 0 fully saturated rings. The van der Waals surface area contributed by atoms with Crippen LogP contribution in [0, 0.1) is 11.7 Å². The number of aromatic amines is 1. The van der Waals surface area contributed by atoms with E-state index in [0.29, 0.717) is 6.04 Å². The largest absolute Gasteiger partial charge is 0.335 e. The molecule has 0 saturated carbocycles. The normalized spacial score (nSPS) is 12.9. The molecule has 2 aromatic rings. The maximum Gasteiger partial charge on any atom is 0.177 e. The first kappa shape index (κ1) is 10.6. The molecule has 0 aliphatic heterocycles. The molecule has 0 aromatic carbocycles. The van der Waals surface area contributed by atoms with Crippen LogP contribution >= 0.6 is 23.6 Å². The summed E-state index contributed by atoms with van der Waals surface area (Å²) in [6, 6.07) is 4.68. The predicted octanol–water partition coefficient (Wildman–Crippen LogP) is 3.72. The van der Waals surface area contributed by atoms with Gasteiger partial charge in [0.1, 0.15) is 0 Å². The Morgan fingerprint density at radius 1 is 1.60 bits per heavy atom. The first-order valence-electron chi connectivity index (χ1n) is 4.97. The average Bonchev–Trinajstić information content (AvgIpc) is 2.75. The number of rotatable bonds is 3. The topological polar surface area (TPSA) is 20.7 Å². The van der Waals surface area contributed by atoms with Gasteiger partial charge in [-0.2, -0.15) is 0 Å². The van der Waals surface area contributed by atoms with Crippen LogP contribution in [0.15, 0.2) is 23.7 Å². The summed E-state index contributed by atoms with van der Waals surface area (Å²) >= 11 is 7.06. The fourth-order valence-corrected chi connectivity index (χ4v) is 2.90. The molecule has 15 heavy (non-hydrogen) atoms. The Bertz CT molecular complexity index is 479. The van der Waals surface area contributed by atoms with Crippen molar-refractivity contribution < 1.29 is 0 Å². The molecule has 80 valence electrons. The highest BCUT2D eigenvalue weighted by molar-refractivity contribution is 7.71. The van der Waals surface area contributed by atoms with E-state index in [4.69, 9.17) is 12.2 Å². The van der Waals surface area contributed by atoms with Gasteiger partial charge in [0.05, 0.1) is 0 Å². The Hall–Kier alpha value is -0.870. The minimum Gasteiger partial charge on any atom is -0.335 e. The van der Waals surface area contributed by atoms with Crippen LogP contribution in [-0.2, 0) is 6.42 Å². The van der Waals surface area contributed by atoms with Crippen molar-refractivity contribution in [3.8, 4) is 0 Å². The van der Waals surface area contributed by atoms with Gasteiger partial charge in [0.2, 0.25) is 0 Å². The molecule has 0 aliphatic rings. The molecule has 2 rings (SSSR count). The predicted molar refractivity (Wildman–Crippen MR) is 67.1 cm³/mol. The van der Waals surface area contributed by atoms with Crippen LogP contribution in [0.4, 0.5) is 0 Å². The average molecular weight is 238 g/mol. The zero-order valence-electron chi connectivity index (χ0n) is 8.86. The monoisotopic (exact) mass is 238 g/mol. The van der Waals surface area contributed by atoms with E-state index in [9.17, 15) is 0 Å². The number of aromatic nitrogens is 2. The molecule has 0 aliphatic carbocycles. The van der Waals surface area contributed by atoms with E-state index in [1.165, 1.54) is 4.88 Å². The molecule has 2 heterocycles. The highest BCUT2D eigenvalue weighted by Gasteiger charge is 2.08. The van der Waals surface area contributed by atoms with Crippen molar-refractivity contribution in [2.45, 2.75) is 26.3 Å². The van der Waals surface area contributed by atoms with Gasteiger partial charge in [-0.15, -0.1) is 11.3 Å². The molecule has 0 spiro atoms. The van der Waals surface area contributed by atoms with Crippen molar-refractivity contribution in [2.24, 2.45) is 0 Å². The van der Waals surface area contributed by atoms with Crippen molar-refractivity contribution in [3.63, 3.8) is 0 Å². The number of H-pyrrole nitrogens is 1. The van der Waals surface area contributed by atoms with Gasteiger partial charge in [0.25, 0.3) is 0 Å². The van der Waals surface area contributed by atoms with Gasteiger partial charge in [0, 0.05) is 29.2 Å². The summed E-state index contributed by atoms with van der Waals surface area (Å²) in [7, 11) is 0. The Kier molecular flexibility index (Phi) is 3.07. The number of thiophene rings is 1. The van der Waals surface area contributed by atoms with Crippen LogP contribution in [-0.4, -0.2) is 9.55 Å². The van der Waals surface area contributed by atoms with Gasteiger partial charge in [-0.3, -0.25) is 0 Å². The van der Waals surface area contributed by atoms with Crippen LogP contribution < -0.4 is 0 Å². The molecule has 1 N–H and O–H groups in total. The summed E-state index contributed by atoms with van der Waals surface area (Å²) < 4.78 is 2.95. The van der Waals surface area contributed by atoms with E-state index in [2.05, 4.69) is 40.2 Å². The Morgan fingerprint density at radius 2 is 2.40 bits per heavy atom. The third kappa shape index (κ3) is 2.38. The molecule has 2 nitrogen and oxygen atoms in total. The van der Waals surface area contributed by atoms with E-state index in [1.54, 1.807) is 11.3 Å². The fraction of sp³-hybridized carbons (Fsp3) is 0.364. The van der Waals surface area contributed by atoms with E-state index in [0.717, 1.165) is 16.9 Å². The van der Waals surface area contributed by atoms with Crippen LogP contribution in [0.25, 0.3) is 0 Å². The van der Waals surface area contributed by atoms with E-state index in [-0.39, 0.29) is 0 Å². The minimum atomic E-state index is 0.418. The molecule has 0 bridgehead atoms. The number of nitrogens with zero attached hydrogens (tertiary/aromatic N) is 1. The van der Waals surface area contributed by atoms with E-state index < -0.39 is 0 Å². The molecule has 0 amide bonds. The van der Waals surface area contributed by atoms with E-state index >= 15 is 0 Å². The lowest BCUT2D eigenvalue weighted by molar-refractivity contribution is 0.542. The smallest absolute Gasteiger partial charge is 0.177 e. The molecular formula is C11H14N2S2. The van der Waals surface area contributed by atoms with Gasteiger partial charge in [-0.1, -0.05) is 6.07 Å². The van der Waals surface area contributed by atoms with Gasteiger partial charge < -0.3 is 9.55 Å². The van der Waals surface area contributed by atoms with Crippen molar-refractivity contribution in [1.29, 1.82) is 0 Å². The number of nitrogens with one attached hydrogen (secondary N) is 1. The zero-order chi connectivity index (χ0) is 10.8. The standard InChI is InChI=1S/C11H14N2S2/c1-8-7-13(11(14)12-8)9(2)6-10-4-3-5-15-10/h3-5,7,9H,6H2,1-2H3,(H,12,14). The second kappa shape index (κ2) is 4.33. The highest BCUT2D eigenvalue weighted by Crippen LogP contribution is 2.18. The minimum absolute atomic E-state index is 0.418. The van der Waals surface area contributed by atoms with Crippen molar-refractivity contribution in [2.75, 3.05) is 0 Å². The summed E-state index contributed by atoms with van der Waals surface area (Å²) in [5, 5.41) is 2.11. The Morgan fingerprint density at radius 3 is 2.93 bits per heavy atom. The lowest BCUT2D eigenvalue weighted by Crippen LogP contribution is -2.06. The molecule has 0 saturated heterocycles. The van der Waals surface area contributed by atoms with Crippen LogP contribution in [0.2, 0.25) is 0 Å². The van der Waals surface area contributed by atoms with Crippen LogP contribution in [0.3, 0.4) is 0 Å². The molecule has 0 radical (unpaired) electrons. The summed E-state index contributed by atoms with van der Waals surface area (Å²) in [5.74, 6) is 0. The SMILES string of the molecule is Cc1cn(C(C)Cc2cccs2)c(=S)[nH]1. The quantitative estimate of drug-likeness (QED) is 0.808. The summed E-state index contributed by atoms with van der Waals surface area (Å²) in [4.78, 5) is 4.55. The van der Waals surface area contributed by atoms with Crippen LogP contribution in [0.5, 0.6) is 0 Å². The second-order valence-electron chi connectivity index (χ2n) is 3.78. The fourth-order valence-electron chi connectivity index (χ4n) is 1.68. The third-order valence-corrected chi connectivity index (χ3v) is 3.63. The number of hydrogen-bond acceptors (Lipinski definition) is 2. The van der Waals surface area contributed by atoms with Gasteiger partial charge >= 0.3 is 0 Å².